The predicted molar refractivity (Wildman–Crippen MR) is 64.8 cm³/mol. The van der Waals surface area contributed by atoms with Gasteiger partial charge in [-0.15, -0.1) is 0 Å². The van der Waals surface area contributed by atoms with E-state index in [1.807, 2.05) is 6.92 Å². The molecule has 2 heterocycles. The number of likely N-dealkylation sites (tertiary alicyclic amines) is 1. The second kappa shape index (κ2) is 5.44. The van der Waals surface area contributed by atoms with Gasteiger partial charge in [0.1, 0.15) is 0 Å². The van der Waals surface area contributed by atoms with Gasteiger partial charge in [-0.3, -0.25) is 0 Å². The van der Waals surface area contributed by atoms with Crippen LogP contribution in [0.3, 0.4) is 0 Å². The van der Waals surface area contributed by atoms with Crippen molar-refractivity contribution >= 4 is 0 Å². The molecule has 1 aliphatic heterocycles. The second-order valence-electron chi connectivity index (χ2n) is 4.84. The molecule has 0 spiro atoms. The van der Waals surface area contributed by atoms with Crippen LogP contribution in [0.15, 0.2) is 4.79 Å². The minimum atomic E-state index is -0.0829. The van der Waals surface area contributed by atoms with Gasteiger partial charge in [0, 0.05) is 13.1 Å². The zero-order chi connectivity index (χ0) is 12.3. The molecular formula is C11H21N5O. The third-order valence-electron chi connectivity index (χ3n) is 3.58. The van der Waals surface area contributed by atoms with Crippen molar-refractivity contribution in [3.63, 3.8) is 0 Å². The van der Waals surface area contributed by atoms with E-state index in [2.05, 4.69) is 22.4 Å². The van der Waals surface area contributed by atoms with Gasteiger partial charge in [-0.1, -0.05) is 0 Å². The van der Waals surface area contributed by atoms with Crippen LogP contribution >= 0.6 is 0 Å². The molecule has 0 atom stereocenters. The summed E-state index contributed by atoms with van der Waals surface area (Å²) in [6.07, 6.45) is 3.50. The summed E-state index contributed by atoms with van der Waals surface area (Å²) in [6, 6.07) is 0. The van der Waals surface area contributed by atoms with Crippen LogP contribution in [-0.2, 0) is 13.1 Å². The fraction of sp³-hybridized carbons (Fsp3) is 0.909. The number of nitrogens with zero attached hydrogens (tertiary/aromatic N) is 5. The average Bonchev–Trinajstić information content (AvgIpc) is 2.69. The van der Waals surface area contributed by atoms with Crippen molar-refractivity contribution in [2.75, 3.05) is 20.1 Å². The molecule has 2 rings (SSSR count). The van der Waals surface area contributed by atoms with E-state index in [9.17, 15) is 4.79 Å². The van der Waals surface area contributed by atoms with E-state index >= 15 is 0 Å². The molecule has 1 aromatic heterocycles. The highest BCUT2D eigenvalue weighted by atomic mass is 16.2. The Kier molecular flexibility index (Phi) is 3.93. The minimum absolute atomic E-state index is 0.0829. The monoisotopic (exact) mass is 239 g/mol. The van der Waals surface area contributed by atoms with E-state index in [1.165, 1.54) is 35.3 Å². The van der Waals surface area contributed by atoms with Gasteiger partial charge >= 0.3 is 5.69 Å². The summed E-state index contributed by atoms with van der Waals surface area (Å²) < 4.78 is 2.89. The van der Waals surface area contributed by atoms with E-state index in [1.54, 1.807) is 0 Å². The van der Waals surface area contributed by atoms with Gasteiger partial charge in [0.2, 0.25) is 0 Å². The van der Waals surface area contributed by atoms with Gasteiger partial charge < -0.3 is 4.90 Å². The SMILES string of the molecule is CCn1nnn(CCC2CCN(C)CC2)c1=O. The van der Waals surface area contributed by atoms with Gasteiger partial charge in [-0.05, 0) is 62.7 Å². The summed E-state index contributed by atoms with van der Waals surface area (Å²) in [5.74, 6) is 0.727. The van der Waals surface area contributed by atoms with Crippen LogP contribution in [0.1, 0.15) is 26.2 Å². The molecular weight excluding hydrogens is 218 g/mol. The molecule has 0 radical (unpaired) electrons. The third kappa shape index (κ3) is 2.94. The Balaban J connectivity index is 1.85. The first-order chi connectivity index (χ1) is 8.20. The second-order valence-corrected chi connectivity index (χ2v) is 4.84. The number of piperidine rings is 1. The third-order valence-corrected chi connectivity index (χ3v) is 3.58. The largest absolute Gasteiger partial charge is 0.363 e. The molecule has 0 unspecified atom stereocenters. The van der Waals surface area contributed by atoms with E-state index < -0.39 is 0 Å². The summed E-state index contributed by atoms with van der Waals surface area (Å²) in [7, 11) is 2.16. The lowest BCUT2D eigenvalue weighted by molar-refractivity contribution is 0.206. The van der Waals surface area contributed by atoms with Crippen LogP contribution in [-0.4, -0.2) is 44.8 Å². The summed E-state index contributed by atoms with van der Waals surface area (Å²) in [6.45, 7) is 5.53. The maximum Gasteiger partial charge on any atom is 0.363 e. The van der Waals surface area contributed by atoms with Crippen LogP contribution in [0.4, 0.5) is 0 Å². The van der Waals surface area contributed by atoms with E-state index in [0.29, 0.717) is 13.1 Å². The van der Waals surface area contributed by atoms with Gasteiger partial charge in [0.15, 0.2) is 0 Å². The molecule has 6 nitrogen and oxygen atoms in total. The maximum absolute atomic E-state index is 11.7. The van der Waals surface area contributed by atoms with Gasteiger partial charge in [-0.25, -0.2) is 4.79 Å². The lowest BCUT2D eigenvalue weighted by atomic mass is 9.94. The van der Waals surface area contributed by atoms with Crippen molar-refractivity contribution in [3.8, 4) is 0 Å². The first-order valence-corrected chi connectivity index (χ1v) is 6.40. The first-order valence-electron chi connectivity index (χ1n) is 6.40. The summed E-state index contributed by atoms with van der Waals surface area (Å²) in [5.41, 5.74) is -0.0829. The molecule has 1 fully saturated rings. The number of aromatic nitrogens is 4. The molecule has 0 N–H and O–H groups in total. The number of tetrazole rings is 1. The zero-order valence-electron chi connectivity index (χ0n) is 10.7. The Morgan fingerprint density at radius 2 is 1.88 bits per heavy atom. The van der Waals surface area contributed by atoms with Crippen LogP contribution in [0.25, 0.3) is 0 Å². The highest BCUT2D eigenvalue weighted by molar-refractivity contribution is 4.70. The molecule has 6 heteroatoms. The van der Waals surface area contributed by atoms with E-state index in [0.717, 1.165) is 12.3 Å². The standard InChI is InChI=1S/C11H21N5O/c1-3-15-11(17)16(13-12-15)9-6-10-4-7-14(2)8-5-10/h10H,3-9H2,1-2H3. The number of hydrogen-bond acceptors (Lipinski definition) is 4. The summed E-state index contributed by atoms with van der Waals surface area (Å²) in [4.78, 5) is 14.1. The molecule has 1 saturated heterocycles. The highest BCUT2D eigenvalue weighted by Gasteiger charge is 2.17. The Bertz CT molecular complexity index is 402. The molecule has 17 heavy (non-hydrogen) atoms. The predicted octanol–water partition coefficient (Wildman–Crippen LogP) is 0.192. The van der Waals surface area contributed by atoms with Crippen LogP contribution in [0.5, 0.6) is 0 Å². The van der Waals surface area contributed by atoms with Gasteiger partial charge in [0.05, 0.1) is 0 Å². The van der Waals surface area contributed by atoms with Crippen molar-refractivity contribution in [1.29, 1.82) is 0 Å². The van der Waals surface area contributed by atoms with E-state index in [-0.39, 0.29) is 5.69 Å². The molecule has 0 saturated carbocycles. The Morgan fingerprint density at radius 1 is 1.24 bits per heavy atom. The lowest BCUT2D eigenvalue weighted by Crippen LogP contribution is -2.31. The quantitative estimate of drug-likeness (QED) is 0.752. The van der Waals surface area contributed by atoms with Crippen molar-refractivity contribution < 1.29 is 0 Å². The fourth-order valence-corrected chi connectivity index (χ4v) is 2.30. The maximum atomic E-state index is 11.7. The average molecular weight is 239 g/mol. The first kappa shape index (κ1) is 12.3. The fourth-order valence-electron chi connectivity index (χ4n) is 2.30. The van der Waals surface area contributed by atoms with Crippen molar-refractivity contribution in [3.05, 3.63) is 10.5 Å². The summed E-state index contributed by atoms with van der Waals surface area (Å²) >= 11 is 0. The molecule has 0 amide bonds. The molecule has 0 aromatic carbocycles. The molecule has 1 aromatic rings. The summed E-state index contributed by atoms with van der Waals surface area (Å²) in [5, 5.41) is 7.71. The highest BCUT2D eigenvalue weighted by Crippen LogP contribution is 2.19. The number of rotatable bonds is 4. The van der Waals surface area contributed by atoms with Crippen LogP contribution in [0, 0.1) is 5.92 Å². The van der Waals surface area contributed by atoms with Gasteiger partial charge in [0.25, 0.3) is 0 Å². The van der Waals surface area contributed by atoms with Crippen LogP contribution in [0.2, 0.25) is 0 Å². The van der Waals surface area contributed by atoms with Crippen molar-refractivity contribution in [1.82, 2.24) is 24.7 Å². The lowest BCUT2D eigenvalue weighted by Gasteiger charge is -2.28. The van der Waals surface area contributed by atoms with Crippen molar-refractivity contribution in [2.24, 2.45) is 5.92 Å². The minimum Gasteiger partial charge on any atom is -0.306 e. The van der Waals surface area contributed by atoms with E-state index in [4.69, 9.17) is 0 Å². The Labute approximate surface area is 101 Å². The Hall–Kier alpha value is -1.17. The topological polar surface area (TPSA) is 56.0 Å². The van der Waals surface area contributed by atoms with Gasteiger partial charge in [-0.2, -0.15) is 9.36 Å². The molecule has 96 valence electrons. The zero-order valence-corrected chi connectivity index (χ0v) is 10.7. The normalized spacial score (nSPS) is 18.7. The molecule has 0 aliphatic carbocycles. The number of aryl methyl sites for hydroxylation is 2. The Morgan fingerprint density at radius 3 is 2.47 bits per heavy atom. The van der Waals surface area contributed by atoms with Crippen molar-refractivity contribution in [2.45, 2.75) is 39.3 Å². The molecule has 1 aliphatic rings. The number of hydrogen-bond donors (Lipinski definition) is 0. The van der Waals surface area contributed by atoms with Crippen LogP contribution < -0.4 is 5.69 Å². The molecule has 0 bridgehead atoms. The smallest absolute Gasteiger partial charge is 0.306 e.